The first-order valence-electron chi connectivity index (χ1n) is 5.60. The monoisotopic (exact) mass is 220 g/mol. The maximum absolute atomic E-state index is 10.7. The Kier molecular flexibility index (Phi) is 2.72. The fourth-order valence-electron chi connectivity index (χ4n) is 2.22. The van der Waals surface area contributed by atoms with Gasteiger partial charge in [0, 0.05) is 0 Å². The Bertz CT molecular complexity index is 388. The molecule has 0 amide bonds. The first-order chi connectivity index (χ1) is 7.55. The molecule has 3 heteroatoms. The normalized spacial score (nSPS) is 28.5. The van der Waals surface area contributed by atoms with Gasteiger partial charge in [0.1, 0.15) is 0 Å². The zero-order valence-electron chi connectivity index (χ0n) is 9.31. The zero-order valence-corrected chi connectivity index (χ0v) is 9.31. The van der Waals surface area contributed by atoms with Gasteiger partial charge in [-0.2, -0.15) is 0 Å². The molecule has 0 aromatic heterocycles. The van der Waals surface area contributed by atoms with Crippen molar-refractivity contribution < 1.29 is 15.0 Å². The lowest BCUT2D eigenvalue weighted by molar-refractivity contribution is -0.159. The van der Waals surface area contributed by atoms with Crippen LogP contribution in [0.25, 0.3) is 0 Å². The molecule has 1 fully saturated rings. The van der Waals surface area contributed by atoms with Crippen molar-refractivity contribution in [3.63, 3.8) is 0 Å². The van der Waals surface area contributed by atoms with E-state index in [2.05, 4.69) is 6.92 Å². The van der Waals surface area contributed by atoms with Crippen molar-refractivity contribution in [3.05, 3.63) is 35.4 Å². The molecule has 0 bridgehead atoms. The van der Waals surface area contributed by atoms with Gasteiger partial charge in [0.25, 0.3) is 0 Å². The highest BCUT2D eigenvalue weighted by Gasteiger charge is 2.47. The SMILES string of the molecule is CCc1ccc(C2(O)CC(C(=O)O)C2)cc1. The third-order valence-corrected chi connectivity index (χ3v) is 3.42. The van der Waals surface area contributed by atoms with Crippen molar-refractivity contribution in [2.75, 3.05) is 0 Å². The Labute approximate surface area is 94.7 Å². The maximum atomic E-state index is 10.7. The third kappa shape index (κ3) is 1.83. The summed E-state index contributed by atoms with van der Waals surface area (Å²) >= 11 is 0. The van der Waals surface area contributed by atoms with E-state index in [1.54, 1.807) is 0 Å². The van der Waals surface area contributed by atoms with Crippen molar-refractivity contribution in [2.24, 2.45) is 5.92 Å². The lowest BCUT2D eigenvalue weighted by Gasteiger charge is -2.41. The summed E-state index contributed by atoms with van der Waals surface area (Å²) in [5.41, 5.74) is 1.14. The minimum Gasteiger partial charge on any atom is -0.481 e. The fraction of sp³-hybridized carbons (Fsp3) is 0.462. The van der Waals surface area contributed by atoms with Gasteiger partial charge in [-0.15, -0.1) is 0 Å². The predicted octanol–water partition coefficient (Wildman–Crippen LogP) is 1.93. The summed E-state index contributed by atoms with van der Waals surface area (Å²) < 4.78 is 0. The van der Waals surface area contributed by atoms with Crippen LogP contribution in [-0.4, -0.2) is 16.2 Å². The first kappa shape index (κ1) is 11.1. The summed E-state index contributed by atoms with van der Waals surface area (Å²) in [7, 11) is 0. The third-order valence-electron chi connectivity index (χ3n) is 3.42. The van der Waals surface area contributed by atoms with E-state index in [0.717, 1.165) is 12.0 Å². The van der Waals surface area contributed by atoms with Gasteiger partial charge in [-0.1, -0.05) is 31.2 Å². The van der Waals surface area contributed by atoms with Crippen LogP contribution in [0.15, 0.2) is 24.3 Å². The summed E-state index contributed by atoms with van der Waals surface area (Å²) in [6, 6.07) is 7.77. The van der Waals surface area contributed by atoms with E-state index in [-0.39, 0.29) is 0 Å². The van der Waals surface area contributed by atoms with Gasteiger partial charge in [0.05, 0.1) is 11.5 Å². The van der Waals surface area contributed by atoms with Crippen LogP contribution in [0.1, 0.15) is 30.9 Å². The summed E-state index contributed by atoms with van der Waals surface area (Å²) in [4.78, 5) is 10.7. The first-order valence-corrected chi connectivity index (χ1v) is 5.60. The molecular formula is C13H16O3. The van der Waals surface area contributed by atoms with E-state index >= 15 is 0 Å². The molecule has 3 nitrogen and oxygen atoms in total. The van der Waals surface area contributed by atoms with E-state index in [4.69, 9.17) is 5.11 Å². The summed E-state index contributed by atoms with van der Waals surface area (Å²) in [6.07, 6.45) is 1.62. The minimum atomic E-state index is -0.921. The Morgan fingerprint density at radius 3 is 2.38 bits per heavy atom. The van der Waals surface area contributed by atoms with E-state index < -0.39 is 17.5 Å². The number of carboxylic acid groups (broad SMARTS) is 1. The smallest absolute Gasteiger partial charge is 0.306 e. The number of hydrogen-bond donors (Lipinski definition) is 2. The minimum absolute atomic E-state index is 0.327. The standard InChI is InChI=1S/C13H16O3/c1-2-9-3-5-11(6-4-9)13(16)7-10(8-13)12(14)15/h3-6,10,16H,2,7-8H2,1H3,(H,14,15). The molecule has 1 aliphatic rings. The summed E-state index contributed by atoms with van der Waals surface area (Å²) in [5.74, 6) is -1.20. The number of aryl methyl sites for hydroxylation is 1. The van der Waals surface area contributed by atoms with Crippen molar-refractivity contribution in [3.8, 4) is 0 Å². The van der Waals surface area contributed by atoms with Crippen LogP contribution in [0.3, 0.4) is 0 Å². The van der Waals surface area contributed by atoms with Gasteiger partial charge in [-0.25, -0.2) is 0 Å². The number of benzene rings is 1. The molecule has 0 unspecified atom stereocenters. The average molecular weight is 220 g/mol. The molecule has 16 heavy (non-hydrogen) atoms. The van der Waals surface area contributed by atoms with E-state index in [9.17, 15) is 9.90 Å². The van der Waals surface area contributed by atoms with Crippen LogP contribution in [0.5, 0.6) is 0 Å². The number of rotatable bonds is 3. The van der Waals surface area contributed by atoms with Crippen molar-refractivity contribution >= 4 is 5.97 Å². The number of aliphatic hydroxyl groups is 1. The lowest BCUT2D eigenvalue weighted by Crippen LogP contribution is -2.44. The second kappa shape index (κ2) is 3.91. The molecule has 0 saturated heterocycles. The Hall–Kier alpha value is -1.35. The van der Waals surface area contributed by atoms with Crippen LogP contribution < -0.4 is 0 Å². The second-order valence-electron chi connectivity index (χ2n) is 4.53. The van der Waals surface area contributed by atoms with E-state index in [0.29, 0.717) is 12.8 Å². The maximum Gasteiger partial charge on any atom is 0.306 e. The van der Waals surface area contributed by atoms with Crippen LogP contribution in [0.4, 0.5) is 0 Å². The van der Waals surface area contributed by atoms with Crippen LogP contribution in [-0.2, 0) is 16.8 Å². The quantitative estimate of drug-likeness (QED) is 0.818. The Morgan fingerprint density at radius 1 is 1.38 bits per heavy atom. The van der Waals surface area contributed by atoms with E-state index in [1.165, 1.54) is 5.56 Å². The predicted molar refractivity (Wildman–Crippen MR) is 60.1 cm³/mol. The number of carboxylic acids is 1. The molecule has 1 saturated carbocycles. The second-order valence-corrected chi connectivity index (χ2v) is 4.53. The summed E-state index contributed by atoms with van der Waals surface area (Å²) in [6.45, 7) is 2.08. The van der Waals surface area contributed by atoms with Gasteiger partial charge >= 0.3 is 5.97 Å². The molecule has 2 N–H and O–H groups in total. The molecule has 0 atom stereocenters. The van der Waals surface area contributed by atoms with Gasteiger partial charge in [0.2, 0.25) is 0 Å². The van der Waals surface area contributed by atoms with Crippen molar-refractivity contribution in [2.45, 2.75) is 31.8 Å². The molecule has 1 aromatic rings. The Balaban J connectivity index is 2.10. The lowest BCUT2D eigenvalue weighted by atomic mass is 9.67. The average Bonchev–Trinajstić information content (AvgIpc) is 2.24. The number of hydrogen-bond acceptors (Lipinski definition) is 2. The topological polar surface area (TPSA) is 57.5 Å². The van der Waals surface area contributed by atoms with Crippen molar-refractivity contribution in [1.29, 1.82) is 0 Å². The zero-order chi connectivity index (χ0) is 11.8. The van der Waals surface area contributed by atoms with Gasteiger partial charge < -0.3 is 10.2 Å². The molecular weight excluding hydrogens is 204 g/mol. The largest absolute Gasteiger partial charge is 0.481 e. The van der Waals surface area contributed by atoms with Crippen LogP contribution in [0, 0.1) is 5.92 Å². The molecule has 0 radical (unpaired) electrons. The molecule has 2 rings (SSSR count). The van der Waals surface area contributed by atoms with Crippen LogP contribution >= 0.6 is 0 Å². The summed E-state index contributed by atoms with van der Waals surface area (Å²) in [5, 5.41) is 19.0. The van der Waals surface area contributed by atoms with Gasteiger partial charge in [-0.05, 0) is 30.4 Å². The molecule has 0 spiro atoms. The van der Waals surface area contributed by atoms with Crippen LogP contribution in [0.2, 0.25) is 0 Å². The number of aliphatic carboxylic acids is 1. The van der Waals surface area contributed by atoms with Gasteiger partial charge in [0.15, 0.2) is 0 Å². The highest BCUT2D eigenvalue weighted by Crippen LogP contribution is 2.45. The Morgan fingerprint density at radius 2 is 1.94 bits per heavy atom. The molecule has 0 heterocycles. The highest BCUT2D eigenvalue weighted by molar-refractivity contribution is 5.71. The van der Waals surface area contributed by atoms with E-state index in [1.807, 2.05) is 24.3 Å². The highest BCUT2D eigenvalue weighted by atomic mass is 16.4. The molecule has 1 aromatic carbocycles. The molecule has 0 aliphatic heterocycles. The molecule has 86 valence electrons. The van der Waals surface area contributed by atoms with Gasteiger partial charge in [-0.3, -0.25) is 4.79 Å². The van der Waals surface area contributed by atoms with Crippen molar-refractivity contribution in [1.82, 2.24) is 0 Å². The fourth-order valence-corrected chi connectivity index (χ4v) is 2.22. The number of carbonyl (C=O) groups is 1. The molecule has 1 aliphatic carbocycles.